The summed E-state index contributed by atoms with van der Waals surface area (Å²) < 4.78 is 32.5. The zero-order valence-electron chi connectivity index (χ0n) is 13.7. The summed E-state index contributed by atoms with van der Waals surface area (Å²) in [5.74, 6) is -0.817. The Balaban J connectivity index is 2.57. The number of carbonyl (C=O) groups is 1. The van der Waals surface area contributed by atoms with Crippen molar-refractivity contribution in [2.45, 2.75) is 11.0 Å². The highest BCUT2D eigenvalue weighted by Gasteiger charge is 2.17. The molecule has 0 bridgehead atoms. The Bertz CT molecular complexity index is 680. The van der Waals surface area contributed by atoms with Gasteiger partial charge in [0.05, 0.1) is 34.5 Å². The lowest BCUT2D eigenvalue weighted by Crippen LogP contribution is -2.32. The lowest BCUT2D eigenvalue weighted by Gasteiger charge is -2.18. The summed E-state index contributed by atoms with van der Waals surface area (Å²) >= 11 is 0. The molecule has 1 rings (SSSR count). The highest BCUT2D eigenvalue weighted by atomic mass is 32.2. The zero-order chi connectivity index (χ0) is 20.4. The van der Waals surface area contributed by atoms with Crippen LogP contribution < -0.4 is 5.14 Å². The molecule has 6 N–H and O–H groups in total. The van der Waals surface area contributed by atoms with Crippen LogP contribution in [-0.4, -0.2) is 78.5 Å². The minimum atomic E-state index is -3.90. The molecule has 1 aromatic rings. The van der Waals surface area contributed by atoms with E-state index in [1.165, 1.54) is 12.1 Å². The summed E-state index contributed by atoms with van der Waals surface area (Å²) in [6, 6.07) is 4.65. The van der Waals surface area contributed by atoms with Crippen molar-refractivity contribution in [3.63, 3.8) is 0 Å². The number of benzene rings is 1. The molecule has 0 aliphatic rings. The normalized spacial score (nSPS) is 13.1. The van der Waals surface area contributed by atoms with Gasteiger partial charge in [0.2, 0.25) is 10.0 Å². The predicted octanol–water partition coefficient (Wildman–Crippen LogP) is -1.10. The number of rotatable bonds is 12. The van der Waals surface area contributed by atoms with Crippen molar-refractivity contribution in [2.75, 3.05) is 26.4 Å². The third kappa shape index (κ3) is 9.65. The maximum atomic E-state index is 12.0. The van der Waals surface area contributed by atoms with E-state index in [1.807, 2.05) is 0 Å². The standard InChI is InChI=1S/C12H19N3O11S/c13-27(21,22)11-3-1-9(2-4-11)12(16)24-7-10(8-26-15(19)20)23-5-6-25-14(17)18/h1-4,10,17-20H,5-8H2,(H2,13,21,22). The monoisotopic (exact) mass is 413 g/mol. The van der Waals surface area contributed by atoms with Gasteiger partial charge in [-0.15, -0.1) is 0 Å². The molecule has 14 nitrogen and oxygen atoms in total. The molecule has 154 valence electrons. The SMILES string of the molecule is NS(=O)(=O)c1ccc(C(=O)OCC(CON(O)O)OCCON(O)O)cc1. The fourth-order valence-corrected chi connectivity index (χ4v) is 2.18. The van der Waals surface area contributed by atoms with Crippen molar-refractivity contribution in [3.05, 3.63) is 29.8 Å². The molecule has 0 aromatic heterocycles. The molecule has 0 saturated carbocycles. The fourth-order valence-electron chi connectivity index (χ4n) is 1.66. The summed E-state index contributed by atoms with van der Waals surface area (Å²) in [5, 5.41) is 37.7. The van der Waals surface area contributed by atoms with Crippen LogP contribution in [0.2, 0.25) is 0 Å². The molecule has 0 heterocycles. The quantitative estimate of drug-likeness (QED) is 0.157. The second-order valence-corrected chi connectivity index (χ2v) is 6.36. The molecular weight excluding hydrogens is 394 g/mol. The van der Waals surface area contributed by atoms with Gasteiger partial charge in [0.25, 0.3) is 0 Å². The topological polar surface area (TPSA) is 202 Å². The number of sulfonamides is 1. The van der Waals surface area contributed by atoms with E-state index in [0.29, 0.717) is 0 Å². The van der Waals surface area contributed by atoms with E-state index in [4.69, 9.17) is 35.4 Å². The number of carbonyl (C=O) groups excluding carboxylic acids is 1. The van der Waals surface area contributed by atoms with Crippen LogP contribution in [0.4, 0.5) is 0 Å². The fraction of sp³-hybridized carbons (Fsp3) is 0.417. The van der Waals surface area contributed by atoms with Crippen LogP contribution in [0.25, 0.3) is 0 Å². The third-order valence-electron chi connectivity index (χ3n) is 2.84. The van der Waals surface area contributed by atoms with Gasteiger partial charge in [-0.1, -0.05) is 0 Å². The van der Waals surface area contributed by atoms with Gasteiger partial charge in [-0.3, -0.25) is 20.8 Å². The second-order valence-electron chi connectivity index (χ2n) is 4.80. The van der Waals surface area contributed by atoms with Crippen LogP contribution >= 0.6 is 0 Å². The van der Waals surface area contributed by atoms with Gasteiger partial charge in [0.1, 0.15) is 19.3 Å². The third-order valence-corrected chi connectivity index (χ3v) is 3.77. The smallest absolute Gasteiger partial charge is 0.338 e. The predicted molar refractivity (Wildman–Crippen MR) is 80.6 cm³/mol. The van der Waals surface area contributed by atoms with Crippen LogP contribution in [0.15, 0.2) is 29.2 Å². The van der Waals surface area contributed by atoms with E-state index in [0.717, 1.165) is 12.1 Å². The number of ether oxygens (including phenoxy) is 2. The molecule has 1 aromatic carbocycles. The molecule has 0 radical (unpaired) electrons. The van der Waals surface area contributed by atoms with Gasteiger partial charge in [0, 0.05) is 0 Å². The Morgan fingerprint density at radius 1 is 1.00 bits per heavy atom. The molecule has 0 aliphatic carbocycles. The molecular formula is C12H19N3O11S. The lowest BCUT2D eigenvalue weighted by molar-refractivity contribution is -0.497. The van der Waals surface area contributed by atoms with E-state index in [1.54, 1.807) is 0 Å². The summed E-state index contributed by atoms with van der Waals surface area (Å²) in [5.41, 5.74) is 0.0348. The van der Waals surface area contributed by atoms with Crippen LogP contribution in [0.1, 0.15) is 10.4 Å². The van der Waals surface area contributed by atoms with E-state index in [2.05, 4.69) is 9.68 Å². The minimum Gasteiger partial charge on any atom is -0.459 e. The molecule has 0 saturated heterocycles. The Kier molecular flexibility index (Phi) is 9.63. The van der Waals surface area contributed by atoms with Crippen molar-refractivity contribution < 1.29 is 53.2 Å². The summed E-state index contributed by atoms with van der Waals surface area (Å²) in [6.07, 6.45) is -0.978. The van der Waals surface area contributed by atoms with E-state index in [9.17, 15) is 13.2 Å². The van der Waals surface area contributed by atoms with Crippen molar-refractivity contribution in [2.24, 2.45) is 5.14 Å². The first-order valence-electron chi connectivity index (χ1n) is 7.12. The molecule has 0 amide bonds. The maximum Gasteiger partial charge on any atom is 0.338 e. The Morgan fingerprint density at radius 3 is 2.11 bits per heavy atom. The molecule has 0 spiro atoms. The number of esters is 1. The van der Waals surface area contributed by atoms with Gasteiger partial charge in [-0.25, -0.2) is 28.0 Å². The summed E-state index contributed by atoms with van der Waals surface area (Å²) in [6.45, 7) is -1.30. The van der Waals surface area contributed by atoms with Crippen LogP contribution in [0, 0.1) is 0 Å². The number of primary sulfonamides is 1. The molecule has 1 atom stereocenters. The van der Waals surface area contributed by atoms with Crippen LogP contribution in [-0.2, 0) is 29.2 Å². The summed E-state index contributed by atoms with van der Waals surface area (Å²) in [7, 11) is -3.90. The zero-order valence-corrected chi connectivity index (χ0v) is 14.6. The minimum absolute atomic E-state index is 0.0348. The van der Waals surface area contributed by atoms with Crippen molar-refractivity contribution in [1.29, 1.82) is 0 Å². The van der Waals surface area contributed by atoms with Crippen LogP contribution in [0.5, 0.6) is 0 Å². The van der Waals surface area contributed by atoms with Gasteiger partial charge in [0.15, 0.2) is 0 Å². The van der Waals surface area contributed by atoms with E-state index in [-0.39, 0.29) is 30.3 Å². The number of hydrogen-bond acceptors (Lipinski definition) is 13. The number of nitrogens with two attached hydrogens (primary N) is 1. The molecule has 1 unspecified atom stereocenters. The number of nitrogens with zero attached hydrogens (tertiary/aromatic N) is 2. The first kappa shape index (κ1) is 23.3. The maximum absolute atomic E-state index is 12.0. The van der Waals surface area contributed by atoms with Crippen molar-refractivity contribution in [3.8, 4) is 0 Å². The van der Waals surface area contributed by atoms with Crippen molar-refractivity contribution in [1.82, 2.24) is 10.8 Å². The Hall–Kier alpha value is -1.76. The second kappa shape index (κ2) is 11.2. The highest BCUT2D eigenvalue weighted by Crippen LogP contribution is 2.10. The lowest BCUT2D eigenvalue weighted by atomic mass is 10.2. The average Bonchev–Trinajstić information content (AvgIpc) is 2.59. The Morgan fingerprint density at radius 2 is 1.59 bits per heavy atom. The Labute approximate surface area is 153 Å². The van der Waals surface area contributed by atoms with Crippen molar-refractivity contribution >= 4 is 16.0 Å². The molecule has 0 aliphatic heterocycles. The van der Waals surface area contributed by atoms with E-state index >= 15 is 0 Å². The van der Waals surface area contributed by atoms with Gasteiger partial charge >= 0.3 is 5.97 Å². The van der Waals surface area contributed by atoms with Crippen LogP contribution in [0.3, 0.4) is 0 Å². The largest absolute Gasteiger partial charge is 0.459 e. The number of hydrogen-bond donors (Lipinski definition) is 5. The average molecular weight is 413 g/mol. The first-order chi connectivity index (χ1) is 12.6. The van der Waals surface area contributed by atoms with Gasteiger partial charge in [-0.2, -0.15) is 0 Å². The summed E-state index contributed by atoms with van der Waals surface area (Å²) in [4.78, 5) is 20.4. The molecule has 0 fully saturated rings. The first-order valence-corrected chi connectivity index (χ1v) is 8.67. The highest BCUT2D eigenvalue weighted by molar-refractivity contribution is 7.89. The molecule has 15 heteroatoms. The van der Waals surface area contributed by atoms with Gasteiger partial charge in [-0.05, 0) is 24.3 Å². The van der Waals surface area contributed by atoms with Gasteiger partial charge < -0.3 is 9.47 Å². The van der Waals surface area contributed by atoms with E-state index < -0.39 is 39.5 Å². The molecule has 27 heavy (non-hydrogen) atoms.